The number of H-pyrrole nitrogens is 1. The molecule has 0 fully saturated rings. The molecule has 3 aromatic rings. The third kappa shape index (κ3) is 4.63. The van der Waals surface area contributed by atoms with E-state index in [-0.39, 0.29) is 5.91 Å². The van der Waals surface area contributed by atoms with E-state index in [1.807, 2.05) is 25.1 Å². The number of amides is 1. The highest BCUT2D eigenvalue weighted by Crippen LogP contribution is 2.21. The van der Waals surface area contributed by atoms with Crippen molar-refractivity contribution in [2.24, 2.45) is 0 Å². The molecular weight excluding hydrogens is 378 g/mol. The van der Waals surface area contributed by atoms with Gasteiger partial charge in [0.15, 0.2) is 5.82 Å². The summed E-state index contributed by atoms with van der Waals surface area (Å²) < 4.78 is 5.78. The van der Waals surface area contributed by atoms with Crippen LogP contribution in [0.2, 0.25) is 0 Å². The zero-order chi connectivity index (χ0) is 21.5. The Labute approximate surface area is 175 Å². The van der Waals surface area contributed by atoms with Gasteiger partial charge in [0.1, 0.15) is 5.76 Å². The van der Waals surface area contributed by atoms with E-state index in [9.17, 15) is 4.79 Å². The van der Waals surface area contributed by atoms with E-state index in [4.69, 9.17) is 4.74 Å². The molecule has 2 heterocycles. The van der Waals surface area contributed by atoms with Crippen molar-refractivity contribution in [2.45, 2.75) is 20.4 Å². The van der Waals surface area contributed by atoms with E-state index in [0.717, 1.165) is 16.5 Å². The van der Waals surface area contributed by atoms with Gasteiger partial charge in [0.25, 0.3) is 0 Å². The Hall–Kier alpha value is -3.74. The van der Waals surface area contributed by atoms with E-state index in [1.54, 1.807) is 55.7 Å². The molecule has 0 aliphatic heterocycles. The molecule has 0 bridgehead atoms. The minimum atomic E-state index is -0.110. The van der Waals surface area contributed by atoms with Crippen LogP contribution in [0.1, 0.15) is 25.2 Å². The van der Waals surface area contributed by atoms with Gasteiger partial charge in [-0.3, -0.25) is 9.89 Å². The fraction of sp³-hybridized carbons (Fsp3) is 0.217. The summed E-state index contributed by atoms with van der Waals surface area (Å²) in [5.41, 5.74) is 3.10. The van der Waals surface area contributed by atoms with Crippen molar-refractivity contribution in [3.63, 3.8) is 0 Å². The summed E-state index contributed by atoms with van der Waals surface area (Å²) in [7, 11) is 1.77. The van der Waals surface area contributed by atoms with Gasteiger partial charge in [-0.1, -0.05) is 30.9 Å². The van der Waals surface area contributed by atoms with Crippen molar-refractivity contribution in [1.82, 2.24) is 25.1 Å². The normalized spacial score (nSPS) is 12.4. The first-order valence-electron chi connectivity index (χ1n) is 9.66. The number of rotatable bonds is 8. The molecule has 0 atom stereocenters. The van der Waals surface area contributed by atoms with Crippen LogP contribution in [-0.4, -0.2) is 44.6 Å². The van der Waals surface area contributed by atoms with Crippen molar-refractivity contribution in [3.05, 3.63) is 84.3 Å². The third-order valence-electron chi connectivity index (χ3n) is 4.58. The molecule has 1 N–H and O–H groups in total. The van der Waals surface area contributed by atoms with E-state index >= 15 is 0 Å². The molecule has 0 radical (unpaired) electrons. The molecule has 2 aromatic heterocycles. The average molecular weight is 403 g/mol. The van der Waals surface area contributed by atoms with E-state index in [0.29, 0.717) is 35.9 Å². The Bertz CT molecular complexity index is 1100. The highest BCUT2D eigenvalue weighted by molar-refractivity contribution is 5.94. The minimum Gasteiger partial charge on any atom is -0.493 e. The minimum absolute atomic E-state index is 0.110. The molecule has 1 amide bonds. The summed E-state index contributed by atoms with van der Waals surface area (Å²) in [6, 6.07) is 7.67. The maximum Gasteiger partial charge on any atom is 0.249 e. The van der Waals surface area contributed by atoms with Gasteiger partial charge in [-0.05, 0) is 31.6 Å². The second-order valence-corrected chi connectivity index (χ2v) is 6.73. The SMILES string of the molecule is C=C/C(=C(\C=C(/C)C(=O)N(C)Cc1cccc2cn[nH]c12)OCC)c1ncccn1. The number of aromatic nitrogens is 4. The first-order chi connectivity index (χ1) is 14.5. The van der Waals surface area contributed by atoms with Gasteiger partial charge in [-0.15, -0.1) is 0 Å². The predicted molar refractivity (Wildman–Crippen MR) is 117 cm³/mol. The zero-order valence-corrected chi connectivity index (χ0v) is 17.4. The van der Waals surface area contributed by atoms with Crippen LogP contribution in [0.4, 0.5) is 0 Å². The lowest BCUT2D eigenvalue weighted by atomic mass is 10.1. The third-order valence-corrected chi connectivity index (χ3v) is 4.58. The number of nitrogens with zero attached hydrogens (tertiary/aromatic N) is 4. The maximum absolute atomic E-state index is 13.0. The molecule has 7 heteroatoms. The van der Waals surface area contributed by atoms with Crippen LogP contribution < -0.4 is 0 Å². The van der Waals surface area contributed by atoms with Gasteiger partial charge in [0.05, 0.1) is 23.9 Å². The Morgan fingerprint density at radius 1 is 1.27 bits per heavy atom. The maximum atomic E-state index is 13.0. The number of carbonyl (C=O) groups excluding carboxylic acids is 1. The summed E-state index contributed by atoms with van der Waals surface area (Å²) in [4.78, 5) is 23.2. The predicted octanol–water partition coefficient (Wildman–Crippen LogP) is 3.89. The molecule has 0 aliphatic carbocycles. The van der Waals surface area contributed by atoms with Crippen molar-refractivity contribution >= 4 is 22.4 Å². The lowest BCUT2D eigenvalue weighted by molar-refractivity contribution is -0.126. The van der Waals surface area contributed by atoms with Crippen molar-refractivity contribution in [1.29, 1.82) is 0 Å². The number of ether oxygens (including phenoxy) is 1. The number of likely N-dealkylation sites (N-methyl/N-ethyl adjacent to an activating group) is 1. The largest absolute Gasteiger partial charge is 0.493 e. The average Bonchev–Trinajstić information content (AvgIpc) is 3.24. The van der Waals surface area contributed by atoms with Crippen LogP contribution in [0.3, 0.4) is 0 Å². The van der Waals surface area contributed by atoms with Crippen molar-refractivity contribution in [3.8, 4) is 0 Å². The van der Waals surface area contributed by atoms with Gasteiger partial charge < -0.3 is 9.64 Å². The molecule has 30 heavy (non-hydrogen) atoms. The van der Waals surface area contributed by atoms with E-state index in [1.165, 1.54) is 0 Å². The van der Waals surface area contributed by atoms with E-state index in [2.05, 4.69) is 26.7 Å². The smallest absolute Gasteiger partial charge is 0.249 e. The van der Waals surface area contributed by atoms with Crippen LogP contribution in [0.25, 0.3) is 16.5 Å². The van der Waals surface area contributed by atoms with Crippen molar-refractivity contribution < 1.29 is 9.53 Å². The molecular formula is C23H25N5O2. The topological polar surface area (TPSA) is 84.0 Å². The zero-order valence-electron chi connectivity index (χ0n) is 17.4. The van der Waals surface area contributed by atoms with Gasteiger partial charge in [0.2, 0.25) is 5.91 Å². The van der Waals surface area contributed by atoms with Gasteiger partial charge in [0, 0.05) is 36.9 Å². The van der Waals surface area contributed by atoms with Crippen molar-refractivity contribution in [2.75, 3.05) is 13.7 Å². The number of benzene rings is 1. The number of hydrogen-bond donors (Lipinski definition) is 1. The molecule has 0 saturated carbocycles. The Morgan fingerprint density at radius 3 is 2.73 bits per heavy atom. The first-order valence-corrected chi connectivity index (χ1v) is 9.66. The fourth-order valence-electron chi connectivity index (χ4n) is 3.14. The second kappa shape index (κ2) is 9.65. The van der Waals surface area contributed by atoms with Crippen LogP contribution in [0.15, 0.2) is 72.9 Å². The molecule has 1 aromatic carbocycles. The van der Waals surface area contributed by atoms with Gasteiger partial charge >= 0.3 is 0 Å². The Morgan fingerprint density at radius 2 is 2.03 bits per heavy atom. The summed E-state index contributed by atoms with van der Waals surface area (Å²) in [5.74, 6) is 0.890. The number of allylic oxidation sites excluding steroid dienone is 3. The highest BCUT2D eigenvalue weighted by atomic mass is 16.5. The molecule has 0 aliphatic rings. The number of nitrogens with one attached hydrogen (secondary N) is 1. The molecule has 0 saturated heterocycles. The molecule has 0 unspecified atom stereocenters. The van der Waals surface area contributed by atoms with Crippen LogP contribution in [0, 0.1) is 0 Å². The lowest BCUT2D eigenvalue weighted by Gasteiger charge is -2.19. The number of aromatic amines is 1. The first kappa shape index (κ1) is 21.0. The molecule has 0 spiro atoms. The second-order valence-electron chi connectivity index (χ2n) is 6.73. The van der Waals surface area contributed by atoms with E-state index < -0.39 is 0 Å². The Balaban J connectivity index is 1.87. The number of para-hydroxylation sites is 1. The molecule has 154 valence electrons. The quantitative estimate of drug-likeness (QED) is 0.350. The van der Waals surface area contributed by atoms with Crippen LogP contribution in [-0.2, 0) is 16.1 Å². The number of fused-ring (bicyclic) bond motifs is 1. The standard InChI is InChI=1S/C23H25N5O2/c1-5-19(22-24-11-8-12-25-22)20(30-6-2)13-16(3)23(29)28(4)15-18-10-7-9-17-14-26-27-21(17)18/h5,7-14H,1,6,15H2,2-4H3,(H,26,27)/b16-13+,20-19-. The lowest BCUT2D eigenvalue weighted by Crippen LogP contribution is -2.27. The molecule has 7 nitrogen and oxygen atoms in total. The van der Waals surface area contributed by atoms with Gasteiger partial charge in [-0.2, -0.15) is 5.10 Å². The molecule has 3 rings (SSSR count). The van der Waals surface area contributed by atoms with Gasteiger partial charge in [-0.25, -0.2) is 9.97 Å². The summed E-state index contributed by atoms with van der Waals surface area (Å²) >= 11 is 0. The number of carbonyl (C=O) groups is 1. The Kier molecular flexibility index (Phi) is 6.75. The number of hydrogen-bond acceptors (Lipinski definition) is 5. The summed E-state index contributed by atoms with van der Waals surface area (Å²) in [6.07, 6.45) is 8.43. The van der Waals surface area contributed by atoms with Crippen LogP contribution >= 0.6 is 0 Å². The highest BCUT2D eigenvalue weighted by Gasteiger charge is 2.16. The summed E-state index contributed by atoms with van der Waals surface area (Å²) in [6.45, 7) is 8.40. The fourth-order valence-corrected chi connectivity index (χ4v) is 3.14. The summed E-state index contributed by atoms with van der Waals surface area (Å²) in [5, 5.41) is 8.09. The monoisotopic (exact) mass is 403 g/mol. The van der Waals surface area contributed by atoms with Crippen LogP contribution in [0.5, 0.6) is 0 Å².